The van der Waals surface area contributed by atoms with E-state index in [1.54, 1.807) is 0 Å². The average molecular weight is 239 g/mol. The van der Waals surface area contributed by atoms with E-state index in [2.05, 4.69) is 39.5 Å². The van der Waals surface area contributed by atoms with Crippen molar-refractivity contribution in [3.8, 4) is 0 Å². The summed E-state index contributed by atoms with van der Waals surface area (Å²) >= 11 is 0. The Kier molecular flexibility index (Phi) is 3.57. The van der Waals surface area contributed by atoms with Gasteiger partial charge in [-0.1, -0.05) is 20.8 Å². The Hall–Kier alpha value is -0.0800. The molecule has 2 fully saturated rings. The minimum Gasteiger partial charge on any atom is -0.373 e. The molecule has 2 heteroatoms. The van der Waals surface area contributed by atoms with Crippen LogP contribution < -0.4 is 0 Å². The van der Waals surface area contributed by atoms with Gasteiger partial charge in [-0.05, 0) is 43.9 Å². The van der Waals surface area contributed by atoms with Crippen molar-refractivity contribution in [1.29, 1.82) is 0 Å². The number of morpholine rings is 1. The van der Waals surface area contributed by atoms with Crippen LogP contribution >= 0.6 is 0 Å². The van der Waals surface area contributed by atoms with E-state index >= 15 is 0 Å². The maximum absolute atomic E-state index is 5.81. The van der Waals surface area contributed by atoms with Crippen LogP contribution in [0.3, 0.4) is 0 Å². The molecule has 0 bridgehead atoms. The SMILES string of the molecule is C[C@@H]1CN(CC2(CC(C)(C)C)CC2)C[C@@H](C)O1. The number of rotatable bonds is 3. The summed E-state index contributed by atoms with van der Waals surface area (Å²) in [6.45, 7) is 15.1. The van der Waals surface area contributed by atoms with Crippen molar-refractivity contribution in [2.45, 2.75) is 66.1 Å². The fourth-order valence-electron chi connectivity index (χ4n) is 3.58. The van der Waals surface area contributed by atoms with E-state index in [-0.39, 0.29) is 0 Å². The first-order chi connectivity index (χ1) is 7.78. The van der Waals surface area contributed by atoms with Gasteiger partial charge in [-0.25, -0.2) is 0 Å². The highest BCUT2D eigenvalue weighted by Gasteiger charge is 2.46. The van der Waals surface area contributed by atoms with E-state index in [4.69, 9.17) is 4.74 Å². The molecule has 0 N–H and O–H groups in total. The minimum absolute atomic E-state index is 0.407. The van der Waals surface area contributed by atoms with Crippen LogP contribution in [0.2, 0.25) is 0 Å². The van der Waals surface area contributed by atoms with Gasteiger partial charge in [0.1, 0.15) is 0 Å². The van der Waals surface area contributed by atoms with Crippen molar-refractivity contribution in [3.05, 3.63) is 0 Å². The quantitative estimate of drug-likeness (QED) is 0.749. The van der Waals surface area contributed by atoms with Crippen LogP contribution in [0, 0.1) is 10.8 Å². The first-order valence-corrected chi connectivity index (χ1v) is 7.16. The lowest BCUT2D eigenvalue weighted by Crippen LogP contribution is -2.47. The fraction of sp³-hybridized carbons (Fsp3) is 1.00. The first-order valence-electron chi connectivity index (χ1n) is 7.16. The van der Waals surface area contributed by atoms with Crippen molar-refractivity contribution in [2.24, 2.45) is 10.8 Å². The lowest BCUT2D eigenvalue weighted by atomic mass is 9.82. The van der Waals surface area contributed by atoms with Crippen molar-refractivity contribution in [2.75, 3.05) is 19.6 Å². The van der Waals surface area contributed by atoms with E-state index in [1.807, 2.05) is 0 Å². The van der Waals surface area contributed by atoms with Gasteiger partial charge in [-0.3, -0.25) is 4.90 Å². The molecule has 0 radical (unpaired) electrons. The molecule has 1 aliphatic heterocycles. The summed E-state index contributed by atoms with van der Waals surface area (Å²) in [6.07, 6.45) is 5.06. The molecule has 2 nitrogen and oxygen atoms in total. The predicted molar refractivity (Wildman–Crippen MR) is 72.2 cm³/mol. The summed E-state index contributed by atoms with van der Waals surface area (Å²) in [5, 5.41) is 0. The molecule has 0 spiro atoms. The Bertz CT molecular complexity index is 255. The molecule has 2 rings (SSSR count). The van der Waals surface area contributed by atoms with E-state index in [9.17, 15) is 0 Å². The molecule has 100 valence electrons. The smallest absolute Gasteiger partial charge is 0.0678 e. The summed E-state index contributed by atoms with van der Waals surface area (Å²) in [4.78, 5) is 2.64. The zero-order chi connectivity index (χ0) is 12.7. The van der Waals surface area contributed by atoms with Crippen LogP contribution in [0.1, 0.15) is 53.9 Å². The van der Waals surface area contributed by atoms with Gasteiger partial charge in [0.15, 0.2) is 0 Å². The molecule has 0 aromatic heterocycles. The Morgan fingerprint density at radius 3 is 2.06 bits per heavy atom. The zero-order valence-corrected chi connectivity index (χ0v) is 12.3. The molecule has 1 saturated heterocycles. The molecule has 0 unspecified atom stereocenters. The summed E-state index contributed by atoms with van der Waals surface area (Å²) in [5.41, 5.74) is 1.11. The average Bonchev–Trinajstić information content (AvgIpc) is 2.78. The van der Waals surface area contributed by atoms with Crippen LogP contribution in [0.4, 0.5) is 0 Å². The third kappa shape index (κ3) is 3.96. The van der Waals surface area contributed by atoms with Gasteiger partial charge < -0.3 is 4.74 Å². The van der Waals surface area contributed by atoms with Crippen LogP contribution in [-0.4, -0.2) is 36.7 Å². The summed E-state index contributed by atoms with van der Waals surface area (Å²) < 4.78 is 5.81. The van der Waals surface area contributed by atoms with Crippen molar-refractivity contribution >= 4 is 0 Å². The van der Waals surface area contributed by atoms with Crippen LogP contribution in [-0.2, 0) is 4.74 Å². The van der Waals surface area contributed by atoms with Gasteiger partial charge in [0, 0.05) is 19.6 Å². The monoisotopic (exact) mass is 239 g/mol. The molecular weight excluding hydrogens is 210 g/mol. The normalized spacial score (nSPS) is 33.7. The summed E-state index contributed by atoms with van der Waals surface area (Å²) in [6, 6.07) is 0. The first kappa shape index (κ1) is 13.4. The fourth-order valence-corrected chi connectivity index (χ4v) is 3.58. The Balaban J connectivity index is 1.88. The molecule has 1 saturated carbocycles. The molecule has 2 aliphatic rings. The Morgan fingerprint density at radius 1 is 1.12 bits per heavy atom. The van der Waals surface area contributed by atoms with Crippen molar-refractivity contribution < 1.29 is 4.74 Å². The molecule has 0 amide bonds. The van der Waals surface area contributed by atoms with Gasteiger partial charge in [-0.2, -0.15) is 0 Å². The summed E-state index contributed by atoms with van der Waals surface area (Å²) in [5.74, 6) is 0. The molecule has 0 aromatic rings. The zero-order valence-electron chi connectivity index (χ0n) is 12.3. The van der Waals surface area contributed by atoms with E-state index < -0.39 is 0 Å². The minimum atomic E-state index is 0.407. The molecule has 2 atom stereocenters. The predicted octanol–water partition coefficient (Wildman–Crippen LogP) is 3.31. The number of hydrogen-bond acceptors (Lipinski definition) is 2. The second-order valence-electron chi connectivity index (χ2n) is 7.69. The van der Waals surface area contributed by atoms with Gasteiger partial charge in [-0.15, -0.1) is 0 Å². The lowest BCUT2D eigenvalue weighted by Gasteiger charge is -2.38. The van der Waals surface area contributed by atoms with Gasteiger partial charge in [0.25, 0.3) is 0 Å². The maximum atomic E-state index is 5.81. The van der Waals surface area contributed by atoms with Crippen molar-refractivity contribution in [1.82, 2.24) is 4.90 Å². The van der Waals surface area contributed by atoms with E-state index in [0.29, 0.717) is 23.0 Å². The third-order valence-corrected chi connectivity index (χ3v) is 3.92. The molecule has 17 heavy (non-hydrogen) atoms. The van der Waals surface area contributed by atoms with E-state index in [0.717, 1.165) is 13.1 Å². The standard InChI is InChI=1S/C15H29NO/c1-12-8-16(9-13(2)17-12)11-15(6-7-15)10-14(3,4)5/h12-13H,6-11H2,1-5H3/t12-,13-/m1/s1. The largest absolute Gasteiger partial charge is 0.373 e. The summed E-state index contributed by atoms with van der Waals surface area (Å²) in [7, 11) is 0. The maximum Gasteiger partial charge on any atom is 0.0678 e. The number of nitrogens with zero attached hydrogens (tertiary/aromatic N) is 1. The highest BCUT2D eigenvalue weighted by atomic mass is 16.5. The number of hydrogen-bond donors (Lipinski definition) is 0. The molecule has 1 heterocycles. The van der Waals surface area contributed by atoms with Gasteiger partial charge >= 0.3 is 0 Å². The number of ether oxygens (including phenoxy) is 1. The van der Waals surface area contributed by atoms with E-state index in [1.165, 1.54) is 25.8 Å². The molecular formula is C15H29NO. The van der Waals surface area contributed by atoms with Gasteiger partial charge in [0.05, 0.1) is 12.2 Å². The molecule has 1 aliphatic carbocycles. The topological polar surface area (TPSA) is 12.5 Å². The van der Waals surface area contributed by atoms with Crippen molar-refractivity contribution in [3.63, 3.8) is 0 Å². The molecule has 0 aromatic carbocycles. The Labute approximate surface area is 107 Å². The highest BCUT2D eigenvalue weighted by Crippen LogP contribution is 2.53. The second-order valence-corrected chi connectivity index (χ2v) is 7.69. The van der Waals surface area contributed by atoms with Gasteiger partial charge in [0.2, 0.25) is 0 Å². The van der Waals surface area contributed by atoms with Crippen LogP contribution in [0.25, 0.3) is 0 Å². The van der Waals surface area contributed by atoms with Crippen LogP contribution in [0.5, 0.6) is 0 Å². The second kappa shape index (κ2) is 4.55. The lowest BCUT2D eigenvalue weighted by molar-refractivity contribution is -0.0738. The Morgan fingerprint density at radius 2 is 1.65 bits per heavy atom. The van der Waals surface area contributed by atoms with Crippen LogP contribution in [0.15, 0.2) is 0 Å². The highest BCUT2D eigenvalue weighted by molar-refractivity contribution is 4.98. The third-order valence-electron chi connectivity index (χ3n) is 3.92.